The molecule has 0 heterocycles. The van der Waals surface area contributed by atoms with Crippen LogP contribution in [0.25, 0.3) is 11.1 Å². The third kappa shape index (κ3) is 2.97. The molecule has 18 heavy (non-hydrogen) atoms. The van der Waals surface area contributed by atoms with Gasteiger partial charge < -0.3 is 10.8 Å². The molecule has 2 aromatic carbocycles. The second-order valence-electron chi connectivity index (χ2n) is 4.61. The van der Waals surface area contributed by atoms with Gasteiger partial charge in [0.2, 0.25) is 0 Å². The molecule has 2 heteroatoms. The monoisotopic (exact) mass is 241 g/mol. The van der Waals surface area contributed by atoms with Gasteiger partial charge in [0.05, 0.1) is 0 Å². The van der Waals surface area contributed by atoms with E-state index in [-0.39, 0.29) is 12.6 Å². The SMILES string of the molecule is Cc1ccc(-c2ccc([C@H](N)CCO)cc2)cc1. The molecule has 0 radical (unpaired) electrons. The second-order valence-corrected chi connectivity index (χ2v) is 4.61. The molecule has 0 fully saturated rings. The number of aryl methyl sites for hydroxylation is 1. The van der Waals surface area contributed by atoms with Gasteiger partial charge in [-0.05, 0) is 30.0 Å². The summed E-state index contributed by atoms with van der Waals surface area (Å²) in [6.07, 6.45) is 0.601. The number of benzene rings is 2. The Morgan fingerprint density at radius 2 is 1.44 bits per heavy atom. The van der Waals surface area contributed by atoms with Crippen molar-refractivity contribution in [1.82, 2.24) is 0 Å². The first-order valence-corrected chi connectivity index (χ1v) is 6.24. The Morgan fingerprint density at radius 3 is 1.94 bits per heavy atom. The topological polar surface area (TPSA) is 46.2 Å². The maximum Gasteiger partial charge on any atom is 0.0449 e. The molecule has 2 nitrogen and oxygen atoms in total. The molecule has 3 N–H and O–H groups in total. The van der Waals surface area contributed by atoms with E-state index in [1.165, 1.54) is 16.7 Å². The van der Waals surface area contributed by atoms with Crippen molar-refractivity contribution in [3.8, 4) is 11.1 Å². The van der Waals surface area contributed by atoms with E-state index < -0.39 is 0 Å². The minimum atomic E-state index is -0.0814. The molecule has 2 aromatic rings. The van der Waals surface area contributed by atoms with Gasteiger partial charge in [-0.1, -0.05) is 54.1 Å². The summed E-state index contributed by atoms with van der Waals surface area (Å²) in [7, 11) is 0. The van der Waals surface area contributed by atoms with Crippen molar-refractivity contribution in [2.45, 2.75) is 19.4 Å². The van der Waals surface area contributed by atoms with E-state index in [0.29, 0.717) is 6.42 Å². The van der Waals surface area contributed by atoms with Crippen LogP contribution in [0, 0.1) is 6.92 Å². The van der Waals surface area contributed by atoms with E-state index >= 15 is 0 Å². The van der Waals surface area contributed by atoms with E-state index in [4.69, 9.17) is 10.8 Å². The zero-order valence-corrected chi connectivity index (χ0v) is 10.6. The number of hydrogen-bond donors (Lipinski definition) is 2. The molecule has 0 unspecified atom stereocenters. The number of aliphatic hydroxyl groups excluding tert-OH is 1. The average molecular weight is 241 g/mol. The lowest BCUT2D eigenvalue weighted by molar-refractivity contribution is 0.276. The average Bonchev–Trinajstić information content (AvgIpc) is 2.40. The summed E-state index contributed by atoms with van der Waals surface area (Å²) in [4.78, 5) is 0. The largest absolute Gasteiger partial charge is 0.396 e. The fraction of sp³-hybridized carbons (Fsp3) is 0.250. The molecule has 0 aromatic heterocycles. The maximum absolute atomic E-state index is 8.88. The van der Waals surface area contributed by atoms with Crippen molar-refractivity contribution in [3.63, 3.8) is 0 Å². The van der Waals surface area contributed by atoms with E-state index in [2.05, 4.69) is 43.3 Å². The van der Waals surface area contributed by atoms with Crippen LogP contribution >= 0.6 is 0 Å². The van der Waals surface area contributed by atoms with E-state index in [9.17, 15) is 0 Å². The summed E-state index contributed by atoms with van der Waals surface area (Å²) in [6, 6.07) is 16.6. The molecule has 0 bridgehead atoms. The van der Waals surface area contributed by atoms with Gasteiger partial charge in [0.1, 0.15) is 0 Å². The smallest absolute Gasteiger partial charge is 0.0449 e. The molecule has 94 valence electrons. The molecule has 0 aliphatic carbocycles. The van der Waals surface area contributed by atoms with Gasteiger partial charge >= 0.3 is 0 Å². The van der Waals surface area contributed by atoms with Crippen LogP contribution in [0.5, 0.6) is 0 Å². The van der Waals surface area contributed by atoms with Crippen LogP contribution in [0.15, 0.2) is 48.5 Å². The van der Waals surface area contributed by atoms with Crippen LogP contribution in [-0.4, -0.2) is 11.7 Å². The molecule has 0 saturated heterocycles. The standard InChI is InChI=1S/C16H19NO/c1-12-2-4-13(5-3-12)14-6-8-15(9-7-14)16(17)10-11-18/h2-9,16,18H,10-11,17H2,1H3/t16-/m1/s1. The van der Waals surface area contributed by atoms with Crippen LogP contribution in [0.2, 0.25) is 0 Å². The first-order chi connectivity index (χ1) is 8.70. The molecular weight excluding hydrogens is 222 g/mol. The molecule has 0 spiro atoms. The highest BCUT2D eigenvalue weighted by atomic mass is 16.3. The van der Waals surface area contributed by atoms with E-state index in [1.807, 2.05) is 12.1 Å². The quantitative estimate of drug-likeness (QED) is 0.864. The first-order valence-electron chi connectivity index (χ1n) is 6.24. The third-order valence-electron chi connectivity index (χ3n) is 3.16. The van der Waals surface area contributed by atoms with Gasteiger partial charge in [0.15, 0.2) is 0 Å². The maximum atomic E-state index is 8.88. The number of rotatable bonds is 4. The lowest BCUT2D eigenvalue weighted by atomic mass is 9.99. The fourth-order valence-corrected chi connectivity index (χ4v) is 1.97. The van der Waals surface area contributed by atoms with Crippen molar-refractivity contribution in [2.24, 2.45) is 5.73 Å². The van der Waals surface area contributed by atoms with Crippen molar-refractivity contribution in [3.05, 3.63) is 59.7 Å². The van der Waals surface area contributed by atoms with Crippen LogP contribution in [0.1, 0.15) is 23.6 Å². The Labute approximate surface area is 108 Å². The Kier molecular flexibility index (Phi) is 4.13. The van der Waals surface area contributed by atoms with Gasteiger partial charge in [-0.3, -0.25) is 0 Å². The predicted molar refractivity (Wildman–Crippen MR) is 75.2 cm³/mol. The summed E-state index contributed by atoms with van der Waals surface area (Å²) in [5.74, 6) is 0. The zero-order valence-electron chi connectivity index (χ0n) is 10.6. The van der Waals surface area contributed by atoms with Gasteiger partial charge in [-0.25, -0.2) is 0 Å². The first kappa shape index (κ1) is 12.8. The molecule has 0 amide bonds. The van der Waals surface area contributed by atoms with Gasteiger partial charge in [-0.2, -0.15) is 0 Å². The van der Waals surface area contributed by atoms with Crippen molar-refractivity contribution < 1.29 is 5.11 Å². The highest BCUT2D eigenvalue weighted by molar-refractivity contribution is 5.64. The second kappa shape index (κ2) is 5.80. The van der Waals surface area contributed by atoms with Crippen molar-refractivity contribution in [2.75, 3.05) is 6.61 Å². The number of hydrogen-bond acceptors (Lipinski definition) is 2. The molecule has 1 atom stereocenters. The van der Waals surface area contributed by atoms with Gasteiger partial charge in [-0.15, -0.1) is 0 Å². The number of aliphatic hydroxyl groups is 1. The summed E-state index contributed by atoms with van der Waals surface area (Å²) in [6.45, 7) is 2.21. The minimum Gasteiger partial charge on any atom is -0.396 e. The third-order valence-corrected chi connectivity index (χ3v) is 3.16. The molecule has 0 saturated carbocycles. The Bertz CT molecular complexity index is 488. The summed E-state index contributed by atoms with van der Waals surface area (Å²) in [5.41, 5.74) is 10.7. The lowest BCUT2D eigenvalue weighted by Gasteiger charge is -2.11. The molecule has 0 aliphatic rings. The van der Waals surface area contributed by atoms with Crippen LogP contribution in [0.3, 0.4) is 0 Å². The summed E-state index contributed by atoms with van der Waals surface area (Å²) >= 11 is 0. The highest BCUT2D eigenvalue weighted by Crippen LogP contribution is 2.22. The summed E-state index contributed by atoms with van der Waals surface area (Å²) < 4.78 is 0. The molecule has 0 aliphatic heterocycles. The predicted octanol–water partition coefficient (Wildman–Crippen LogP) is 3.04. The highest BCUT2D eigenvalue weighted by Gasteiger charge is 2.05. The van der Waals surface area contributed by atoms with Crippen LogP contribution in [-0.2, 0) is 0 Å². The fourth-order valence-electron chi connectivity index (χ4n) is 1.97. The molecule has 2 rings (SSSR count). The van der Waals surface area contributed by atoms with Gasteiger partial charge in [0.25, 0.3) is 0 Å². The Hall–Kier alpha value is -1.64. The van der Waals surface area contributed by atoms with Gasteiger partial charge in [0, 0.05) is 12.6 Å². The number of nitrogens with two attached hydrogens (primary N) is 1. The minimum absolute atomic E-state index is 0.0814. The molecular formula is C16H19NO. The van der Waals surface area contributed by atoms with E-state index in [1.54, 1.807) is 0 Å². The zero-order chi connectivity index (χ0) is 13.0. The van der Waals surface area contributed by atoms with E-state index in [0.717, 1.165) is 5.56 Å². The van der Waals surface area contributed by atoms with Crippen LogP contribution < -0.4 is 5.73 Å². The Balaban J connectivity index is 2.19. The Morgan fingerprint density at radius 1 is 0.944 bits per heavy atom. The van der Waals surface area contributed by atoms with Crippen molar-refractivity contribution >= 4 is 0 Å². The van der Waals surface area contributed by atoms with Crippen LogP contribution in [0.4, 0.5) is 0 Å². The van der Waals surface area contributed by atoms with Crippen molar-refractivity contribution in [1.29, 1.82) is 0 Å². The lowest BCUT2D eigenvalue weighted by Crippen LogP contribution is -2.11. The normalized spacial score (nSPS) is 12.4. The summed E-state index contributed by atoms with van der Waals surface area (Å²) in [5, 5.41) is 8.88.